The number of nitrogens with two attached hydrogens (primary N) is 1. The molecule has 5 nitrogen and oxygen atoms in total. The highest BCUT2D eigenvalue weighted by molar-refractivity contribution is 6.30. The molecular formula is C17H28ClN5. The van der Waals surface area contributed by atoms with E-state index >= 15 is 0 Å². The van der Waals surface area contributed by atoms with Gasteiger partial charge in [-0.05, 0) is 31.5 Å². The number of rotatable bonds is 6. The van der Waals surface area contributed by atoms with E-state index in [1.807, 2.05) is 18.2 Å². The Morgan fingerprint density at radius 2 is 2.09 bits per heavy atom. The van der Waals surface area contributed by atoms with Gasteiger partial charge in [0.1, 0.15) is 0 Å². The quantitative estimate of drug-likeness (QED) is 0.617. The molecule has 1 unspecified atom stereocenters. The summed E-state index contributed by atoms with van der Waals surface area (Å²) in [4.78, 5) is 9.22. The first-order valence-electron chi connectivity index (χ1n) is 8.37. The van der Waals surface area contributed by atoms with Gasteiger partial charge in [-0.3, -0.25) is 9.89 Å². The summed E-state index contributed by atoms with van der Waals surface area (Å²) < 4.78 is 0. The third-order valence-corrected chi connectivity index (χ3v) is 4.49. The van der Waals surface area contributed by atoms with E-state index in [2.05, 4.69) is 40.0 Å². The fraction of sp³-hybridized carbons (Fsp3) is 0.588. The van der Waals surface area contributed by atoms with Crippen LogP contribution >= 0.6 is 11.6 Å². The SMILES string of the molecule is CCC(C)NC(N)=NCCN1CCN(c2cccc(Cl)c2)CC1. The molecule has 0 saturated carbocycles. The Morgan fingerprint density at radius 3 is 2.74 bits per heavy atom. The second-order valence-electron chi connectivity index (χ2n) is 6.03. The van der Waals surface area contributed by atoms with Crippen molar-refractivity contribution in [3.8, 4) is 0 Å². The largest absolute Gasteiger partial charge is 0.370 e. The molecule has 1 heterocycles. The van der Waals surface area contributed by atoms with Gasteiger partial charge in [-0.2, -0.15) is 0 Å². The van der Waals surface area contributed by atoms with E-state index in [9.17, 15) is 0 Å². The highest BCUT2D eigenvalue weighted by Crippen LogP contribution is 2.20. The molecule has 0 aromatic heterocycles. The monoisotopic (exact) mass is 337 g/mol. The Balaban J connectivity index is 1.72. The summed E-state index contributed by atoms with van der Waals surface area (Å²) >= 11 is 6.07. The summed E-state index contributed by atoms with van der Waals surface area (Å²) in [5.74, 6) is 0.553. The molecule has 6 heteroatoms. The Morgan fingerprint density at radius 1 is 1.35 bits per heavy atom. The Hall–Kier alpha value is -1.46. The van der Waals surface area contributed by atoms with E-state index in [-0.39, 0.29) is 0 Å². The Kier molecular flexibility index (Phi) is 6.99. The fourth-order valence-corrected chi connectivity index (χ4v) is 2.80. The van der Waals surface area contributed by atoms with Gasteiger partial charge in [-0.25, -0.2) is 0 Å². The molecule has 0 spiro atoms. The zero-order valence-electron chi connectivity index (χ0n) is 14.1. The van der Waals surface area contributed by atoms with E-state index in [0.29, 0.717) is 12.0 Å². The van der Waals surface area contributed by atoms with Crippen LogP contribution in [0.5, 0.6) is 0 Å². The number of guanidine groups is 1. The molecule has 1 atom stereocenters. The van der Waals surface area contributed by atoms with Gasteiger partial charge in [0.15, 0.2) is 5.96 Å². The van der Waals surface area contributed by atoms with Gasteiger partial charge >= 0.3 is 0 Å². The third kappa shape index (κ3) is 5.92. The van der Waals surface area contributed by atoms with Gasteiger partial charge in [0.05, 0.1) is 6.54 Å². The minimum Gasteiger partial charge on any atom is -0.370 e. The molecule has 0 amide bonds. The van der Waals surface area contributed by atoms with E-state index in [0.717, 1.165) is 50.7 Å². The van der Waals surface area contributed by atoms with Gasteiger partial charge in [0.2, 0.25) is 0 Å². The topological polar surface area (TPSA) is 56.9 Å². The Bertz CT molecular complexity index is 511. The summed E-state index contributed by atoms with van der Waals surface area (Å²) in [6.45, 7) is 10.1. The molecule has 3 N–H and O–H groups in total. The highest BCUT2D eigenvalue weighted by atomic mass is 35.5. The maximum Gasteiger partial charge on any atom is 0.188 e. The van der Waals surface area contributed by atoms with Gasteiger partial charge in [-0.15, -0.1) is 0 Å². The fourth-order valence-electron chi connectivity index (χ4n) is 2.61. The number of benzene rings is 1. The van der Waals surface area contributed by atoms with Crippen LogP contribution in [0.15, 0.2) is 29.3 Å². The molecule has 1 aromatic carbocycles. The second-order valence-corrected chi connectivity index (χ2v) is 6.47. The molecule has 23 heavy (non-hydrogen) atoms. The summed E-state index contributed by atoms with van der Waals surface area (Å²) in [5.41, 5.74) is 7.08. The molecule has 1 aliphatic heterocycles. The summed E-state index contributed by atoms with van der Waals surface area (Å²) in [6, 6.07) is 8.44. The number of nitrogens with one attached hydrogen (secondary N) is 1. The first-order valence-corrected chi connectivity index (χ1v) is 8.75. The number of aliphatic imine (C=N–C) groups is 1. The van der Waals surface area contributed by atoms with Gasteiger partial charge in [0, 0.05) is 49.5 Å². The maximum atomic E-state index is 6.07. The first-order chi connectivity index (χ1) is 11.1. The zero-order chi connectivity index (χ0) is 16.7. The number of piperazine rings is 1. The third-order valence-electron chi connectivity index (χ3n) is 4.25. The van der Waals surface area contributed by atoms with Crippen LogP contribution < -0.4 is 16.0 Å². The molecule has 2 rings (SSSR count). The molecule has 1 fully saturated rings. The van der Waals surface area contributed by atoms with Crippen molar-refractivity contribution in [3.05, 3.63) is 29.3 Å². The lowest BCUT2D eigenvalue weighted by molar-refractivity contribution is 0.265. The van der Waals surface area contributed by atoms with Crippen molar-refractivity contribution in [2.45, 2.75) is 26.3 Å². The van der Waals surface area contributed by atoms with Crippen molar-refractivity contribution in [3.63, 3.8) is 0 Å². The maximum absolute atomic E-state index is 6.07. The van der Waals surface area contributed by atoms with E-state index in [1.165, 1.54) is 5.69 Å². The van der Waals surface area contributed by atoms with Crippen LogP contribution in [0, 0.1) is 0 Å². The highest BCUT2D eigenvalue weighted by Gasteiger charge is 2.16. The van der Waals surface area contributed by atoms with Gasteiger partial charge in [0.25, 0.3) is 0 Å². The predicted molar refractivity (Wildman–Crippen MR) is 99.5 cm³/mol. The van der Waals surface area contributed by atoms with Crippen LogP contribution in [0.3, 0.4) is 0 Å². The van der Waals surface area contributed by atoms with E-state index < -0.39 is 0 Å². The van der Waals surface area contributed by atoms with Crippen LogP contribution in [-0.2, 0) is 0 Å². The number of anilines is 1. The zero-order valence-corrected chi connectivity index (χ0v) is 14.9. The van der Waals surface area contributed by atoms with Crippen molar-refractivity contribution in [1.82, 2.24) is 10.2 Å². The number of hydrogen-bond donors (Lipinski definition) is 2. The smallest absolute Gasteiger partial charge is 0.188 e. The number of halogens is 1. The Labute approximate surface area is 144 Å². The van der Waals surface area contributed by atoms with Crippen LogP contribution in [-0.4, -0.2) is 56.2 Å². The average Bonchev–Trinajstić information content (AvgIpc) is 2.55. The molecule has 0 bridgehead atoms. The number of hydrogen-bond acceptors (Lipinski definition) is 3. The van der Waals surface area contributed by atoms with Crippen LogP contribution in [0.25, 0.3) is 0 Å². The lowest BCUT2D eigenvalue weighted by Crippen LogP contribution is -2.47. The van der Waals surface area contributed by atoms with Crippen LogP contribution in [0.2, 0.25) is 5.02 Å². The van der Waals surface area contributed by atoms with Crippen molar-refractivity contribution < 1.29 is 0 Å². The van der Waals surface area contributed by atoms with Crippen molar-refractivity contribution in [1.29, 1.82) is 0 Å². The summed E-state index contributed by atoms with van der Waals surface area (Å²) in [5, 5.41) is 3.98. The van der Waals surface area contributed by atoms with Crippen LogP contribution in [0.1, 0.15) is 20.3 Å². The second kappa shape index (κ2) is 8.99. The first kappa shape index (κ1) is 17.9. The van der Waals surface area contributed by atoms with E-state index in [1.54, 1.807) is 0 Å². The van der Waals surface area contributed by atoms with Crippen LogP contribution in [0.4, 0.5) is 5.69 Å². The molecular weight excluding hydrogens is 310 g/mol. The molecule has 0 aliphatic carbocycles. The van der Waals surface area contributed by atoms with Gasteiger partial charge < -0.3 is 16.0 Å². The average molecular weight is 338 g/mol. The number of nitrogens with zero attached hydrogens (tertiary/aromatic N) is 3. The summed E-state index contributed by atoms with van der Waals surface area (Å²) in [6.07, 6.45) is 1.04. The van der Waals surface area contributed by atoms with Crippen molar-refractivity contribution in [2.75, 3.05) is 44.2 Å². The van der Waals surface area contributed by atoms with E-state index in [4.69, 9.17) is 17.3 Å². The van der Waals surface area contributed by atoms with Crippen molar-refractivity contribution in [2.24, 2.45) is 10.7 Å². The van der Waals surface area contributed by atoms with Gasteiger partial charge in [-0.1, -0.05) is 24.6 Å². The standard InChI is InChI=1S/C17H28ClN5/c1-3-14(2)21-17(19)20-7-8-22-9-11-23(12-10-22)16-6-4-5-15(18)13-16/h4-6,13-14H,3,7-12H2,1-2H3,(H3,19,20,21). The molecule has 1 saturated heterocycles. The molecule has 128 valence electrons. The lowest BCUT2D eigenvalue weighted by Gasteiger charge is -2.35. The molecule has 1 aromatic rings. The summed E-state index contributed by atoms with van der Waals surface area (Å²) in [7, 11) is 0. The molecule has 0 radical (unpaired) electrons. The molecule has 1 aliphatic rings. The predicted octanol–water partition coefficient (Wildman–Crippen LogP) is 2.16. The lowest BCUT2D eigenvalue weighted by atomic mass is 10.2. The normalized spacial score (nSPS) is 18.0. The minimum atomic E-state index is 0.375. The van der Waals surface area contributed by atoms with Crippen molar-refractivity contribution >= 4 is 23.2 Å². The minimum absolute atomic E-state index is 0.375.